The molecule has 0 bridgehead atoms. The van der Waals surface area contributed by atoms with E-state index < -0.39 is 0 Å². The van der Waals surface area contributed by atoms with Crippen LogP contribution in [0.4, 0.5) is 0 Å². The molecule has 1 rings (SSSR count). The molecule has 0 N–H and O–H groups in total. The molecule has 5 nitrogen and oxygen atoms in total. The smallest absolute Gasteiger partial charge is 0.253 e. The van der Waals surface area contributed by atoms with Crippen LogP contribution in [0, 0.1) is 0 Å². The van der Waals surface area contributed by atoms with Gasteiger partial charge in [-0.05, 0) is 19.8 Å². The lowest BCUT2D eigenvalue weighted by atomic mass is 10.1. The van der Waals surface area contributed by atoms with Crippen LogP contribution in [-0.4, -0.2) is 42.3 Å². The summed E-state index contributed by atoms with van der Waals surface area (Å²) in [6, 6.07) is 0. The summed E-state index contributed by atoms with van der Waals surface area (Å²) in [4.78, 5) is 34.3. The summed E-state index contributed by atoms with van der Waals surface area (Å²) in [6.07, 6.45) is 7.17. The average Bonchev–Trinajstić information content (AvgIpc) is 2.67. The van der Waals surface area contributed by atoms with Crippen LogP contribution < -0.4 is 0 Å². The van der Waals surface area contributed by atoms with E-state index in [2.05, 4.69) is 0 Å². The number of carbonyl (C=O) groups excluding carboxylic acids is 3. The second-order valence-corrected chi connectivity index (χ2v) is 4.64. The van der Waals surface area contributed by atoms with Crippen molar-refractivity contribution in [3.8, 4) is 0 Å². The van der Waals surface area contributed by atoms with Crippen molar-refractivity contribution in [2.75, 3.05) is 19.8 Å². The van der Waals surface area contributed by atoms with Crippen molar-refractivity contribution in [1.82, 2.24) is 4.90 Å². The highest BCUT2D eigenvalue weighted by Gasteiger charge is 2.22. The van der Waals surface area contributed by atoms with Gasteiger partial charge in [0.25, 0.3) is 11.8 Å². The van der Waals surface area contributed by atoms with E-state index in [1.807, 2.05) is 0 Å². The fourth-order valence-corrected chi connectivity index (χ4v) is 1.84. The van der Waals surface area contributed by atoms with Gasteiger partial charge >= 0.3 is 0 Å². The second-order valence-electron chi connectivity index (χ2n) is 4.64. The highest BCUT2D eigenvalue weighted by Crippen LogP contribution is 2.05. The van der Waals surface area contributed by atoms with E-state index in [0.717, 1.165) is 25.7 Å². The fraction of sp³-hybridized carbons (Fsp3) is 0.643. The van der Waals surface area contributed by atoms with Gasteiger partial charge in [-0.25, -0.2) is 0 Å². The third-order valence-electron chi connectivity index (χ3n) is 2.93. The number of ketones is 1. The zero-order chi connectivity index (χ0) is 14.1. The summed E-state index contributed by atoms with van der Waals surface area (Å²) in [7, 11) is 0. The molecule has 0 radical (unpaired) electrons. The Kier molecular flexibility index (Phi) is 7.03. The van der Waals surface area contributed by atoms with E-state index in [9.17, 15) is 14.4 Å². The van der Waals surface area contributed by atoms with Gasteiger partial charge in [0.15, 0.2) is 0 Å². The molecule has 1 heterocycles. The minimum atomic E-state index is -0.266. The predicted octanol–water partition coefficient (Wildman–Crippen LogP) is 1.47. The van der Waals surface area contributed by atoms with Crippen molar-refractivity contribution in [3.05, 3.63) is 12.2 Å². The molecule has 1 aliphatic heterocycles. The zero-order valence-electron chi connectivity index (χ0n) is 11.4. The lowest BCUT2D eigenvalue weighted by Gasteiger charge is -2.13. The normalized spacial score (nSPS) is 14.5. The number of amides is 2. The van der Waals surface area contributed by atoms with Crippen LogP contribution in [-0.2, 0) is 19.1 Å². The van der Waals surface area contributed by atoms with Crippen molar-refractivity contribution < 1.29 is 19.1 Å². The molecule has 19 heavy (non-hydrogen) atoms. The monoisotopic (exact) mass is 267 g/mol. The number of hydrogen-bond donors (Lipinski definition) is 0. The molecule has 5 heteroatoms. The van der Waals surface area contributed by atoms with Gasteiger partial charge in [0, 0.05) is 25.2 Å². The van der Waals surface area contributed by atoms with Gasteiger partial charge in [-0.3, -0.25) is 14.5 Å². The molecule has 1 aliphatic rings. The van der Waals surface area contributed by atoms with Crippen molar-refractivity contribution >= 4 is 17.6 Å². The molecule has 0 saturated heterocycles. The SMILES string of the molecule is CC(=O)CCCCCCOCCN1C(=O)C=CC1=O. The molecule has 0 atom stereocenters. The van der Waals surface area contributed by atoms with Crippen molar-refractivity contribution in [1.29, 1.82) is 0 Å². The Morgan fingerprint density at radius 3 is 2.32 bits per heavy atom. The minimum absolute atomic E-state index is 0.241. The van der Waals surface area contributed by atoms with Crippen LogP contribution in [0.3, 0.4) is 0 Å². The van der Waals surface area contributed by atoms with Crippen molar-refractivity contribution in [3.63, 3.8) is 0 Å². The third kappa shape index (κ3) is 6.29. The number of ether oxygens (including phenoxy) is 1. The Labute approximate surface area is 113 Å². The van der Waals surface area contributed by atoms with Crippen LogP contribution in [0.25, 0.3) is 0 Å². The maximum Gasteiger partial charge on any atom is 0.253 e. The third-order valence-corrected chi connectivity index (χ3v) is 2.93. The van der Waals surface area contributed by atoms with Crippen LogP contribution in [0.15, 0.2) is 12.2 Å². The number of hydrogen-bond acceptors (Lipinski definition) is 4. The average molecular weight is 267 g/mol. The molecular formula is C14H21NO4. The molecule has 0 spiro atoms. The molecule has 0 saturated carbocycles. The van der Waals surface area contributed by atoms with Crippen molar-refractivity contribution in [2.45, 2.75) is 39.0 Å². The number of carbonyl (C=O) groups is 3. The first-order valence-corrected chi connectivity index (χ1v) is 6.72. The van der Waals surface area contributed by atoms with Gasteiger partial charge in [0.1, 0.15) is 5.78 Å². The number of Topliss-reactive ketones (excluding diaryl/α,β-unsaturated/α-hetero) is 1. The summed E-state index contributed by atoms with van der Waals surface area (Å²) < 4.78 is 5.38. The highest BCUT2D eigenvalue weighted by molar-refractivity contribution is 6.12. The minimum Gasteiger partial charge on any atom is -0.380 e. The quantitative estimate of drug-likeness (QED) is 0.444. The molecule has 2 amide bonds. The van der Waals surface area contributed by atoms with E-state index in [-0.39, 0.29) is 17.6 Å². The van der Waals surface area contributed by atoms with Gasteiger partial charge < -0.3 is 9.53 Å². The molecule has 0 aromatic heterocycles. The predicted molar refractivity (Wildman–Crippen MR) is 70.4 cm³/mol. The summed E-state index contributed by atoms with van der Waals surface area (Å²) >= 11 is 0. The summed E-state index contributed by atoms with van der Waals surface area (Å²) in [5.41, 5.74) is 0. The van der Waals surface area contributed by atoms with E-state index in [1.54, 1.807) is 6.92 Å². The van der Waals surface area contributed by atoms with Gasteiger partial charge in [-0.15, -0.1) is 0 Å². The second kappa shape index (κ2) is 8.58. The van der Waals surface area contributed by atoms with Crippen LogP contribution in [0.1, 0.15) is 39.0 Å². The van der Waals surface area contributed by atoms with E-state index in [1.165, 1.54) is 17.1 Å². The summed E-state index contributed by atoms with van der Waals surface area (Å²) in [6.45, 7) is 2.93. The molecular weight excluding hydrogens is 246 g/mol. The lowest BCUT2D eigenvalue weighted by Crippen LogP contribution is -2.33. The van der Waals surface area contributed by atoms with E-state index >= 15 is 0 Å². The molecule has 0 fully saturated rings. The summed E-state index contributed by atoms with van der Waals surface area (Å²) in [5, 5.41) is 0. The molecule has 0 aromatic carbocycles. The van der Waals surface area contributed by atoms with Gasteiger partial charge in [0.05, 0.1) is 13.2 Å². The Morgan fingerprint density at radius 2 is 1.68 bits per heavy atom. The lowest BCUT2D eigenvalue weighted by molar-refractivity contribution is -0.137. The number of unbranched alkanes of at least 4 members (excludes halogenated alkanes) is 3. The number of nitrogens with zero attached hydrogens (tertiary/aromatic N) is 1. The van der Waals surface area contributed by atoms with Crippen LogP contribution >= 0.6 is 0 Å². The van der Waals surface area contributed by atoms with Crippen LogP contribution in [0.5, 0.6) is 0 Å². The Hall–Kier alpha value is -1.49. The maximum atomic E-state index is 11.2. The highest BCUT2D eigenvalue weighted by atomic mass is 16.5. The largest absolute Gasteiger partial charge is 0.380 e. The zero-order valence-corrected chi connectivity index (χ0v) is 11.4. The maximum absolute atomic E-state index is 11.2. The van der Waals surface area contributed by atoms with Crippen LogP contribution in [0.2, 0.25) is 0 Å². The Bertz CT molecular complexity index is 344. The summed E-state index contributed by atoms with van der Waals surface area (Å²) in [5.74, 6) is -0.291. The standard InChI is InChI=1S/C14H21NO4/c1-12(16)6-4-2-3-5-10-19-11-9-15-13(17)7-8-14(15)18/h7-8H,2-6,9-11H2,1H3. The first-order chi connectivity index (χ1) is 9.11. The first kappa shape index (κ1) is 15.6. The Balaban J connectivity index is 1.90. The van der Waals surface area contributed by atoms with Gasteiger partial charge in [0.2, 0.25) is 0 Å². The Morgan fingerprint density at radius 1 is 1.05 bits per heavy atom. The van der Waals surface area contributed by atoms with Gasteiger partial charge in [-0.1, -0.05) is 12.8 Å². The van der Waals surface area contributed by atoms with Crippen molar-refractivity contribution in [2.24, 2.45) is 0 Å². The molecule has 0 unspecified atom stereocenters. The van der Waals surface area contributed by atoms with E-state index in [4.69, 9.17) is 4.74 Å². The molecule has 106 valence electrons. The topological polar surface area (TPSA) is 63.7 Å². The first-order valence-electron chi connectivity index (χ1n) is 6.72. The fourth-order valence-electron chi connectivity index (χ4n) is 1.84. The number of rotatable bonds is 10. The van der Waals surface area contributed by atoms with Gasteiger partial charge in [-0.2, -0.15) is 0 Å². The molecule has 0 aliphatic carbocycles. The number of imide groups is 1. The van der Waals surface area contributed by atoms with E-state index in [0.29, 0.717) is 26.2 Å². The molecule has 0 aromatic rings.